The molecule has 0 saturated carbocycles. The lowest BCUT2D eigenvalue weighted by Gasteiger charge is -2.30. The molecule has 0 bridgehead atoms. The molecule has 1 aromatic heterocycles. The van der Waals surface area contributed by atoms with Crippen molar-refractivity contribution in [3.8, 4) is 5.75 Å². The summed E-state index contributed by atoms with van der Waals surface area (Å²) in [6.45, 7) is 3.42. The third-order valence-corrected chi connectivity index (χ3v) is 6.57. The Bertz CT molecular complexity index is 1290. The Morgan fingerprint density at radius 1 is 0.974 bits per heavy atom. The zero-order chi connectivity index (χ0) is 27.9. The Balaban J connectivity index is 1.64. The van der Waals surface area contributed by atoms with Crippen LogP contribution in [0.4, 0.5) is 32.0 Å². The minimum absolute atomic E-state index is 0.237. The van der Waals surface area contributed by atoms with Crippen LogP contribution in [0, 0.1) is 0 Å². The molecule has 12 heteroatoms. The molecule has 2 heterocycles. The highest BCUT2D eigenvalue weighted by Crippen LogP contribution is 2.41. The standard InChI is InChI=1S/C26H22ClF6N3O2/c1-24(2,15-7-12-22(34-14-15)25(28,29)30)35-20-13-21(18-5-3-4-6-19(18)27)36(23(20)37)16-8-10-17(11-9-16)38-26(31,32)33/h3-12,14,20-21,35H,13H2,1-2H3. The van der Waals surface area contributed by atoms with Crippen LogP contribution in [-0.4, -0.2) is 23.3 Å². The molecule has 2 aromatic carbocycles. The number of nitrogens with one attached hydrogen (secondary N) is 1. The molecule has 1 N–H and O–H groups in total. The van der Waals surface area contributed by atoms with Crippen molar-refractivity contribution in [3.05, 3.63) is 88.7 Å². The molecule has 0 aliphatic carbocycles. The first-order valence-electron chi connectivity index (χ1n) is 11.4. The average Bonchev–Trinajstić information content (AvgIpc) is 3.13. The third-order valence-electron chi connectivity index (χ3n) is 6.23. The first kappa shape index (κ1) is 27.7. The highest BCUT2D eigenvalue weighted by Gasteiger charge is 2.44. The second kappa shape index (κ2) is 10.1. The van der Waals surface area contributed by atoms with Crippen molar-refractivity contribution in [2.45, 2.75) is 50.4 Å². The SMILES string of the molecule is CC(C)(NC1CC(c2ccccc2Cl)N(c2ccc(OC(F)(F)F)cc2)C1=O)c1ccc(C(F)(F)F)nc1. The minimum atomic E-state index is -4.86. The van der Waals surface area contributed by atoms with Crippen LogP contribution in [0.3, 0.4) is 0 Å². The number of ether oxygens (including phenoxy) is 1. The van der Waals surface area contributed by atoms with Crippen LogP contribution in [0.1, 0.15) is 43.1 Å². The van der Waals surface area contributed by atoms with Crippen molar-refractivity contribution in [1.29, 1.82) is 0 Å². The van der Waals surface area contributed by atoms with E-state index in [-0.39, 0.29) is 12.3 Å². The maximum Gasteiger partial charge on any atom is 0.573 e. The summed E-state index contributed by atoms with van der Waals surface area (Å²) in [6.07, 6.45) is -8.10. The van der Waals surface area contributed by atoms with Gasteiger partial charge in [0.25, 0.3) is 0 Å². The van der Waals surface area contributed by atoms with Gasteiger partial charge in [-0.15, -0.1) is 13.2 Å². The zero-order valence-corrected chi connectivity index (χ0v) is 20.8. The second-order valence-corrected chi connectivity index (χ2v) is 9.68. The van der Waals surface area contributed by atoms with Gasteiger partial charge >= 0.3 is 12.5 Å². The number of benzene rings is 2. The fourth-order valence-electron chi connectivity index (χ4n) is 4.45. The van der Waals surface area contributed by atoms with Crippen LogP contribution < -0.4 is 15.0 Å². The fourth-order valence-corrected chi connectivity index (χ4v) is 4.71. The van der Waals surface area contributed by atoms with Crippen LogP contribution in [0.25, 0.3) is 0 Å². The van der Waals surface area contributed by atoms with Crippen molar-refractivity contribution in [3.63, 3.8) is 0 Å². The molecule has 3 aromatic rings. The van der Waals surface area contributed by atoms with Gasteiger partial charge in [-0.05, 0) is 67.8 Å². The number of nitrogens with zero attached hydrogens (tertiary/aromatic N) is 2. The van der Waals surface area contributed by atoms with E-state index in [1.807, 2.05) is 0 Å². The second-order valence-electron chi connectivity index (χ2n) is 9.27. The van der Waals surface area contributed by atoms with Crippen molar-refractivity contribution < 1.29 is 35.9 Å². The zero-order valence-electron chi connectivity index (χ0n) is 20.1. The average molecular weight is 558 g/mol. The van der Waals surface area contributed by atoms with Crippen LogP contribution >= 0.6 is 11.6 Å². The number of amides is 1. The first-order chi connectivity index (χ1) is 17.7. The quantitative estimate of drug-likeness (QED) is 0.331. The fraction of sp³-hybridized carbons (Fsp3) is 0.308. The molecule has 1 fully saturated rings. The van der Waals surface area contributed by atoms with Gasteiger partial charge in [0.05, 0.1) is 12.1 Å². The molecule has 38 heavy (non-hydrogen) atoms. The van der Waals surface area contributed by atoms with Gasteiger partial charge < -0.3 is 9.64 Å². The number of anilines is 1. The molecule has 5 nitrogen and oxygen atoms in total. The molecule has 1 aliphatic heterocycles. The van der Waals surface area contributed by atoms with E-state index < -0.39 is 41.6 Å². The maximum absolute atomic E-state index is 13.7. The van der Waals surface area contributed by atoms with Gasteiger partial charge in [-0.25, -0.2) is 0 Å². The molecule has 2 atom stereocenters. The van der Waals surface area contributed by atoms with Crippen molar-refractivity contribution >= 4 is 23.2 Å². The summed E-state index contributed by atoms with van der Waals surface area (Å²) in [5, 5.41) is 3.61. The largest absolute Gasteiger partial charge is 0.573 e. The Kier molecular flexibility index (Phi) is 7.37. The van der Waals surface area contributed by atoms with E-state index in [4.69, 9.17) is 11.6 Å². The number of hydrogen-bond donors (Lipinski definition) is 1. The molecule has 1 amide bonds. The van der Waals surface area contributed by atoms with Gasteiger partial charge in [-0.1, -0.05) is 35.9 Å². The van der Waals surface area contributed by atoms with E-state index in [2.05, 4.69) is 15.0 Å². The Morgan fingerprint density at radius 3 is 2.18 bits per heavy atom. The Morgan fingerprint density at radius 2 is 1.63 bits per heavy atom. The molecular formula is C26H22ClF6N3O2. The smallest absolute Gasteiger partial charge is 0.406 e. The van der Waals surface area contributed by atoms with Gasteiger partial charge in [-0.3, -0.25) is 15.1 Å². The summed E-state index contributed by atoms with van der Waals surface area (Å²) in [7, 11) is 0. The number of carbonyl (C=O) groups is 1. The normalized spacial score (nSPS) is 18.7. The van der Waals surface area contributed by atoms with Crippen LogP contribution in [0.15, 0.2) is 66.9 Å². The van der Waals surface area contributed by atoms with Crippen LogP contribution in [0.2, 0.25) is 5.02 Å². The van der Waals surface area contributed by atoms with E-state index in [0.29, 0.717) is 21.8 Å². The third kappa shape index (κ3) is 6.05. The summed E-state index contributed by atoms with van der Waals surface area (Å²) in [5.41, 5.74) is -0.594. The molecule has 1 saturated heterocycles. The summed E-state index contributed by atoms with van der Waals surface area (Å²) in [4.78, 5) is 18.6. The summed E-state index contributed by atoms with van der Waals surface area (Å²) in [5.74, 6) is -0.819. The number of rotatable bonds is 6. The minimum Gasteiger partial charge on any atom is -0.406 e. The lowest BCUT2D eigenvalue weighted by Crippen LogP contribution is -2.47. The molecule has 1 aliphatic rings. The van der Waals surface area contributed by atoms with E-state index in [1.54, 1.807) is 38.1 Å². The van der Waals surface area contributed by atoms with Crippen LogP contribution in [0.5, 0.6) is 5.75 Å². The van der Waals surface area contributed by atoms with Crippen molar-refractivity contribution in [2.75, 3.05) is 4.90 Å². The molecular weight excluding hydrogens is 536 g/mol. The summed E-state index contributed by atoms with van der Waals surface area (Å²) < 4.78 is 80.5. The molecule has 0 radical (unpaired) electrons. The summed E-state index contributed by atoms with van der Waals surface area (Å²) in [6, 6.07) is 12.6. The monoisotopic (exact) mass is 557 g/mol. The predicted molar refractivity (Wildman–Crippen MR) is 129 cm³/mol. The number of carbonyl (C=O) groups excluding carboxylic acids is 1. The maximum atomic E-state index is 13.7. The molecule has 4 rings (SSSR count). The van der Waals surface area contributed by atoms with E-state index >= 15 is 0 Å². The number of aromatic nitrogens is 1. The van der Waals surface area contributed by atoms with Crippen LogP contribution in [-0.2, 0) is 16.5 Å². The molecule has 202 valence electrons. The number of alkyl halides is 6. The van der Waals surface area contributed by atoms with Gasteiger partial charge in [0, 0.05) is 22.4 Å². The van der Waals surface area contributed by atoms with Crippen molar-refractivity contribution in [2.24, 2.45) is 0 Å². The van der Waals surface area contributed by atoms with Gasteiger partial charge in [0.15, 0.2) is 0 Å². The number of hydrogen-bond acceptors (Lipinski definition) is 4. The lowest BCUT2D eigenvalue weighted by molar-refractivity contribution is -0.274. The van der Waals surface area contributed by atoms with Gasteiger partial charge in [0.1, 0.15) is 11.4 Å². The van der Waals surface area contributed by atoms with Gasteiger partial charge in [0.2, 0.25) is 5.91 Å². The Hall–Kier alpha value is -3.31. The molecule has 2 unspecified atom stereocenters. The van der Waals surface area contributed by atoms with E-state index in [0.717, 1.165) is 24.4 Å². The first-order valence-corrected chi connectivity index (χ1v) is 11.8. The van der Waals surface area contributed by atoms with E-state index in [1.165, 1.54) is 23.1 Å². The topological polar surface area (TPSA) is 54.5 Å². The highest BCUT2D eigenvalue weighted by molar-refractivity contribution is 6.31. The lowest BCUT2D eigenvalue weighted by atomic mass is 9.93. The molecule has 0 spiro atoms. The predicted octanol–water partition coefficient (Wildman–Crippen LogP) is 7.02. The van der Waals surface area contributed by atoms with E-state index in [9.17, 15) is 31.1 Å². The summed E-state index contributed by atoms with van der Waals surface area (Å²) >= 11 is 6.43. The Labute approximate surface area is 219 Å². The highest BCUT2D eigenvalue weighted by atomic mass is 35.5. The van der Waals surface area contributed by atoms with Gasteiger partial charge in [-0.2, -0.15) is 13.2 Å². The van der Waals surface area contributed by atoms with Crippen molar-refractivity contribution in [1.82, 2.24) is 10.3 Å². The number of halogens is 7. The number of pyridine rings is 1.